The molecular weight excluding hydrogens is 276 g/mol. The van der Waals surface area contributed by atoms with Gasteiger partial charge in [-0.1, -0.05) is 11.6 Å². The molecule has 0 heterocycles. The lowest BCUT2D eigenvalue weighted by Gasteiger charge is -2.18. The van der Waals surface area contributed by atoms with E-state index in [1.807, 2.05) is 0 Å². The van der Waals surface area contributed by atoms with Crippen LogP contribution in [0.25, 0.3) is 0 Å². The Bertz CT molecular complexity index is 505. The normalized spacial score (nSPS) is 11.8. The summed E-state index contributed by atoms with van der Waals surface area (Å²) in [4.78, 5) is 0.105. The van der Waals surface area contributed by atoms with Crippen molar-refractivity contribution in [2.75, 3.05) is 27.2 Å². The SMILES string of the molecule is COc1cc(Cl)ccc1S(=O)(=O)N(C)CCCN. The lowest BCUT2D eigenvalue weighted by molar-refractivity contribution is 0.397. The number of hydrogen-bond donors (Lipinski definition) is 1. The summed E-state index contributed by atoms with van der Waals surface area (Å²) in [5, 5.41) is 0.426. The first-order valence-electron chi connectivity index (χ1n) is 5.43. The number of halogens is 1. The molecule has 0 aliphatic rings. The zero-order valence-electron chi connectivity index (χ0n) is 10.4. The van der Waals surface area contributed by atoms with E-state index in [4.69, 9.17) is 22.1 Å². The van der Waals surface area contributed by atoms with E-state index >= 15 is 0 Å². The molecule has 7 heteroatoms. The van der Waals surface area contributed by atoms with Gasteiger partial charge in [0.15, 0.2) is 0 Å². The lowest BCUT2D eigenvalue weighted by Crippen LogP contribution is -2.29. The molecule has 0 fully saturated rings. The van der Waals surface area contributed by atoms with E-state index in [0.717, 1.165) is 0 Å². The van der Waals surface area contributed by atoms with Gasteiger partial charge >= 0.3 is 0 Å². The van der Waals surface area contributed by atoms with Crippen LogP contribution in [-0.4, -0.2) is 40.0 Å². The fraction of sp³-hybridized carbons (Fsp3) is 0.455. The second-order valence-corrected chi connectivity index (χ2v) is 6.21. The Morgan fingerprint density at radius 3 is 2.67 bits per heavy atom. The van der Waals surface area contributed by atoms with E-state index in [-0.39, 0.29) is 10.6 Å². The Balaban J connectivity index is 3.12. The van der Waals surface area contributed by atoms with Crippen LogP contribution in [-0.2, 0) is 10.0 Å². The first kappa shape index (κ1) is 15.2. The molecule has 0 bridgehead atoms. The summed E-state index contributed by atoms with van der Waals surface area (Å²) >= 11 is 5.80. The molecule has 0 saturated heterocycles. The van der Waals surface area contributed by atoms with Crippen LogP contribution in [0.15, 0.2) is 23.1 Å². The van der Waals surface area contributed by atoms with Crippen molar-refractivity contribution in [2.24, 2.45) is 5.73 Å². The number of nitrogens with two attached hydrogens (primary N) is 1. The maximum atomic E-state index is 12.3. The molecule has 18 heavy (non-hydrogen) atoms. The third-order valence-corrected chi connectivity index (χ3v) is 4.62. The lowest BCUT2D eigenvalue weighted by atomic mass is 10.3. The van der Waals surface area contributed by atoms with Gasteiger partial charge in [0.1, 0.15) is 10.6 Å². The maximum absolute atomic E-state index is 12.3. The number of nitrogens with zero attached hydrogens (tertiary/aromatic N) is 1. The van der Waals surface area contributed by atoms with E-state index in [1.165, 1.54) is 36.7 Å². The molecule has 1 aromatic carbocycles. The quantitative estimate of drug-likeness (QED) is 0.858. The highest BCUT2D eigenvalue weighted by Gasteiger charge is 2.24. The summed E-state index contributed by atoms with van der Waals surface area (Å²) in [5.74, 6) is 0.238. The van der Waals surface area contributed by atoms with Crippen LogP contribution in [0.5, 0.6) is 5.75 Å². The van der Waals surface area contributed by atoms with Crippen molar-refractivity contribution in [3.05, 3.63) is 23.2 Å². The third-order valence-electron chi connectivity index (χ3n) is 2.49. The first-order chi connectivity index (χ1) is 8.43. The molecule has 5 nitrogen and oxygen atoms in total. The Morgan fingerprint density at radius 2 is 2.11 bits per heavy atom. The van der Waals surface area contributed by atoms with E-state index in [0.29, 0.717) is 24.5 Å². The van der Waals surface area contributed by atoms with Crippen LogP contribution in [0.4, 0.5) is 0 Å². The molecule has 0 saturated carbocycles. The van der Waals surface area contributed by atoms with E-state index in [1.54, 1.807) is 0 Å². The first-order valence-corrected chi connectivity index (χ1v) is 7.25. The molecule has 0 atom stereocenters. The molecule has 0 aliphatic carbocycles. The van der Waals surface area contributed by atoms with E-state index < -0.39 is 10.0 Å². The molecule has 0 aromatic heterocycles. The minimum absolute atomic E-state index is 0.105. The second-order valence-electron chi connectivity index (χ2n) is 3.76. The number of ether oxygens (including phenoxy) is 1. The molecule has 102 valence electrons. The van der Waals surface area contributed by atoms with E-state index in [2.05, 4.69) is 0 Å². The van der Waals surface area contributed by atoms with Gasteiger partial charge in [-0.25, -0.2) is 12.7 Å². The average molecular weight is 293 g/mol. The number of rotatable bonds is 6. The van der Waals surface area contributed by atoms with E-state index in [9.17, 15) is 8.42 Å². The Hall–Kier alpha value is -0.820. The maximum Gasteiger partial charge on any atom is 0.246 e. The molecule has 2 N–H and O–H groups in total. The van der Waals surface area contributed by atoms with Gasteiger partial charge in [-0.15, -0.1) is 0 Å². The standard InChI is InChI=1S/C11H17ClN2O3S/c1-14(7-3-6-13)18(15,16)11-5-4-9(12)8-10(11)17-2/h4-5,8H,3,6-7,13H2,1-2H3. The van der Waals surface area contributed by atoms with Gasteiger partial charge in [0.2, 0.25) is 10.0 Å². The molecule has 1 aromatic rings. The van der Waals surface area contributed by atoms with Crippen LogP contribution < -0.4 is 10.5 Å². The van der Waals surface area contributed by atoms with Crippen molar-refractivity contribution >= 4 is 21.6 Å². The van der Waals surface area contributed by atoms with Gasteiger partial charge in [-0.3, -0.25) is 0 Å². The number of methoxy groups -OCH3 is 1. The van der Waals surface area contributed by atoms with Crippen molar-refractivity contribution in [3.8, 4) is 5.75 Å². The van der Waals surface area contributed by atoms with Gasteiger partial charge in [0.25, 0.3) is 0 Å². The summed E-state index contributed by atoms with van der Waals surface area (Å²) in [5.41, 5.74) is 5.37. The van der Waals surface area contributed by atoms with Crippen LogP contribution >= 0.6 is 11.6 Å². The van der Waals surface area contributed by atoms with Gasteiger partial charge in [0, 0.05) is 24.7 Å². The Labute approximate surface area is 113 Å². The van der Waals surface area contributed by atoms with Crippen molar-refractivity contribution in [3.63, 3.8) is 0 Å². The van der Waals surface area contributed by atoms with Crippen LogP contribution in [0.2, 0.25) is 5.02 Å². The summed E-state index contributed by atoms with van der Waals surface area (Å²) in [6, 6.07) is 4.44. The zero-order valence-corrected chi connectivity index (χ0v) is 12.0. The largest absolute Gasteiger partial charge is 0.495 e. The van der Waals surface area contributed by atoms with Gasteiger partial charge in [0.05, 0.1) is 7.11 Å². The summed E-state index contributed by atoms with van der Waals surface area (Å²) in [6.45, 7) is 0.808. The highest BCUT2D eigenvalue weighted by atomic mass is 35.5. The van der Waals surface area contributed by atoms with Crippen LogP contribution in [0.3, 0.4) is 0 Å². The molecule has 0 aliphatic heterocycles. The number of hydrogen-bond acceptors (Lipinski definition) is 4. The monoisotopic (exact) mass is 292 g/mol. The van der Waals surface area contributed by atoms with Crippen molar-refractivity contribution in [1.29, 1.82) is 0 Å². The molecular formula is C11H17ClN2O3S. The Morgan fingerprint density at radius 1 is 1.44 bits per heavy atom. The minimum Gasteiger partial charge on any atom is -0.495 e. The van der Waals surface area contributed by atoms with Crippen molar-refractivity contribution < 1.29 is 13.2 Å². The van der Waals surface area contributed by atoms with Gasteiger partial charge in [-0.05, 0) is 25.1 Å². The fourth-order valence-electron chi connectivity index (χ4n) is 1.46. The fourth-order valence-corrected chi connectivity index (χ4v) is 2.96. The van der Waals surface area contributed by atoms with Gasteiger partial charge in [-0.2, -0.15) is 0 Å². The molecule has 0 amide bonds. The van der Waals surface area contributed by atoms with Gasteiger partial charge < -0.3 is 10.5 Å². The third kappa shape index (κ3) is 3.35. The topological polar surface area (TPSA) is 72.6 Å². The number of benzene rings is 1. The Kier molecular flexibility index (Phi) is 5.40. The van der Waals surface area contributed by atoms with Crippen molar-refractivity contribution in [1.82, 2.24) is 4.31 Å². The second kappa shape index (κ2) is 6.38. The molecule has 0 spiro atoms. The molecule has 0 radical (unpaired) electrons. The van der Waals surface area contributed by atoms with Crippen LogP contribution in [0, 0.1) is 0 Å². The molecule has 0 unspecified atom stereocenters. The zero-order chi connectivity index (χ0) is 13.8. The summed E-state index contributed by atoms with van der Waals surface area (Å²) in [6.07, 6.45) is 0.603. The highest BCUT2D eigenvalue weighted by molar-refractivity contribution is 7.89. The smallest absolute Gasteiger partial charge is 0.246 e. The van der Waals surface area contributed by atoms with Crippen LogP contribution in [0.1, 0.15) is 6.42 Å². The molecule has 1 rings (SSSR count). The predicted octanol–water partition coefficient (Wildman–Crippen LogP) is 1.32. The minimum atomic E-state index is -3.58. The number of sulfonamides is 1. The summed E-state index contributed by atoms with van der Waals surface area (Å²) in [7, 11) is -0.656. The average Bonchev–Trinajstić information content (AvgIpc) is 2.35. The highest BCUT2D eigenvalue weighted by Crippen LogP contribution is 2.29. The predicted molar refractivity (Wildman–Crippen MR) is 71.5 cm³/mol. The summed E-state index contributed by atoms with van der Waals surface area (Å²) < 4.78 is 30.9. The van der Waals surface area contributed by atoms with Crippen molar-refractivity contribution in [2.45, 2.75) is 11.3 Å².